The fourth-order valence-electron chi connectivity index (χ4n) is 3.55. The van der Waals surface area contributed by atoms with E-state index in [0.29, 0.717) is 0 Å². The first kappa shape index (κ1) is 21.9. The summed E-state index contributed by atoms with van der Waals surface area (Å²) in [6, 6.07) is 0. The Hall–Kier alpha value is -0.120. The Kier molecular flexibility index (Phi) is 10.5. The van der Waals surface area contributed by atoms with Crippen molar-refractivity contribution in [3.05, 3.63) is 0 Å². The molecule has 0 spiro atoms. The highest BCUT2D eigenvalue weighted by atomic mass is 127. The van der Waals surface area contributed by atoms with Gasteiger partial charge in [0.25, 0.3) is 0 Å². The van der Waals surface area contributed by atoms with Crippen LogP contribution in [0.2, 0.25) is 0 Å². The lowest BCUT2D eigenvalue weighted by atomic mass is 9.84. The van der Waals surface area contributed by atoms with Crippen LogP contribution in [0, 0.1) is 11.3 Å². The molecule has 2 rings (SSSR count). The van der Waals surface area contributed by atoms with Crippen LogP contribution in [0.1, 0.15) is 32.1 Å². The molecule has 7 heteroatoms. The van der Waals surface area contributed by atoms with Crippen molar-refractivity contribution in [2.45, 2.75) is 32.1 Å². The summed E-state index contributed by atoms with van der Waals surface area (Å²) < 4.78 is 5.53. The highest BCUT2D eigenvalue weighted by Gasteiger charge is 2.34. The molecule has 142 valence electrons. The van der Waals surface area contributed by atoms with Gasteiger partial charge in [0.2, 0.25) is 0 Å². The normalized spacial score (nSPS) is 26.2. The topological polar surface area (TPSA) is 69.1 Å². The smallest absolute Gasteiger partial charge is 0.190 e. The van der Waals surface area contributed by atoms with Crippen molar-refractivity contribution in [3.63, 3.8) is 0 Å². The summed E-state index contributed by atoms with van der Waals surface area (Å²) >= 11 is 0. The molecule has 0 aromatic rings. The van der Waals surface area contributed by atoms with Crippen LogP contribution in [0.25, 0.3) is 0 Å². The second kappa shape index (κ2) is 11.5. The Morgan fingerprint density at radius 3 is 2.67 bits per heavy atom. The van der Waals surface area contributed by atoms with E-state index in [2.05, 4.69) is 27.6 Å². The Morgan fingerprint density at radius 1 is 1.33 bits per heavy atom. The molecule has 0 aromatic heterocycles. The number of ether oxygens (including phenoxy) is 1. The maximum Gasteiger partial charge on any atom is 0.190 e. The fourth-order valence-corrected chi connectivity index (χ4v) is 3.55. The number of aliphatic imine (C=N–C) groups is 1. The molecule has 2 heterocycles. The molecule has 0 aromatic carbocycles. The van der Waals surface area contributed by atoms with E-state index in [1.54, 1.807) is 0 Å². The molecule has 1 atom stereocenters. The zero-order valence-electron chi connectivity index (χ0n) is 15.2. The van der Waals surface area contributed by atoms with Crippen LogP contribution in [-0.4, -0.2) is 76.1 Å². The van der Waals surface area contributed by atoms with Crippen LogP contribution in [0.15, 0.2) is 4.99 Å². The molecule has 0 saturated carbocycles. The minimum absolute atomic E-state index is 0. The van der Waals surface area contributed by atoms with Gasteiger partial charge in [0.15, 0.2) is 5.96 Å². The van der Waals surface area contributed by atoms with Crippen molar-refractivity contribution in [1.82, 2.24) is 15.5 Å². The molecule has 0 bridgehead atoms. The van der Waals surface area contributed by atoms with Gasteiger partial charge in [-0.1, -0.05) is 0 Å². The first-order chi connectivity index (χ1) is 11.2. The first-order valence-electron chi connectivity index (χ1n) is 8.99. The van der Waals surface area contributed by atoms with Gasteiger partial charge in [-0.05, 0) is 58.2 Å². The van der Waals surface area contributed by atoms with Gasteiger partial charge in [0, 0.05) is 38.8 Å². The third kappa shape index (κ3) is 7.01. The highest BCUT2D eigenvalue weighted by molar-refractivity contribution is 14.0. The largest absolute Gasteiger partial charge is 0.396 e. The molecule has 0 amide bonds. The minimum Gasteiger partial charge on any atom is -0.396 e. The van der Waals surface area contributed by atoms with Crippen LogP contribution in [0.3, 0.4) is 0 Å². The summed E-state index contributed by atoms with van der Waals surface area (Å²) in [6.07, 6.45) is 5.61. The number of aliphatic hydroxyl groups is 1. The van der Waals surface area contributed by atoms with Gasteiger partial charge in [-0.25, -0.2) is 0 Å². The van der Waals surface area contributed by atoms with Crippen molar-refractivity contribution >= 4 is 29.9 Å². The van der Waals surface area contributed by atoms with Gasteiger partial charge in [-0.15, -0.1) is 24.0 Å². The SMILES string of the molecule is CN=C(NCCC1CCN(C)CC1)NCC1(CCO)CCOC1.I. The van der Waals surface area contributed by atoms with Crippen molar-refractivity contribution < 1.29 is 9.84 Å². The Labute approximate surface area is 163 Å². The second-order valence-electron chi connectivity index (χ2n) is 7.16. The monoisotopic (exact) mass is 454 g/mol. The first-order valence-corrected chi connectivity index (χ1v) is 8.99. The van der Waals surface area contributed by atoms with Crippen molar-refractivity contribution in [2.75, 3.05) is 60.1 Å². The maximum absolute atomic E-state index is 9.29. The van der Waals surface area contributed by atoms with E-state index in [9.17, 15) is 5.11 Å². The highest BCUT2D eigenvalue weighted by Crippen LogP contribution is 2.31. The number of nitrogens with one attached hydrogen (secondary N) is 2. The van der Waals surface area contributed by atoms with E-state index in [1.807, 2.05) is 7.05 Å². The van der Waals surface area contributed by atoms with Gasteiger partial charge in [0.1, 0.15) is 0 Å². The summed E-state index contributed by atoms with van der Waals surface area (Å²) in [7, 11) is 4.02. The quantitative estimate of drug-likeness (QED) is 0.307. The van der Waals surface area contributed by atoms with Gasteiger partial charge < -0.3 is 25.4 Å². The standard InChI is InChI=1S/C17H34N4O2.HI/c1-18-16(19-8-3-15-4-9-21(2)10-5-15)20-13-17(6-11-22)7-12-23-14-17;/h15,22H,3-14H2,1-2H3,(H2,18,19,20);1H. The van der Waals surface area contributed by atoms with E-state index < -0.39 is 0 Å². The van der Waals surface area contributed by atoms with Gasteiger partial charge in [0.05, 0.1) is 6.61 Å². The molecule has 2 aliphatic heterocycles. The molecular formula is C17H35IN4O2. The minimum atomic E-state index is 0. The average Bonchev–Trinajstić information content (AvgIpc) is 3.02. The Balaban J connectivity index is 0.00000288. The predicted molar refractivity (Wildman–Crippen MR) is 109 cm³/mol. The van der Waals surface area contributed by atoms with E-state index in [-0.39, 0.29) is 36.0 Å². The van der Waals surface area contributed by atoms with E-state index >= 15 is 0 Å². The summed E-state index contributed by atoms with van der Waals surface area (Å²) in [4.78, 5) is 6.73. The Morgan fingerprint density at radius 2 is 2.08 bits per heavy atom. The third-order valence-corrected chi connectivity index (χ3v) is 5.36. The predicted octanol–water partition coefficient (Wildman–Crippen LogP) is 1.29. The number of likely N-dealkylation sites (tertiary alicyclic amines) is 1. The van der Waals surface area contributed by atoms with E-state index in [0.717, 1.165) is 51.0 Å². The zero-order chi connectivity index (χ0) is 16.5. The summed E-state index contributed by atoms with van der Waals surface area (Å²) in [5, 5.41) is 16.1. The molecule has 2 saturated heterocycles. The van der Waals surface area contributed by atoms with Crippen molar-refractivity contribution in [1.29, 1.82) is 0 Å². The lowest BCUT2D eigenvalue weighted by Crippen LogP contribution is -2.45. The second-order valence-corrected chi connectivity index (χ2v) is 7.16. The van der Waals surface area contributed by atoms with Crippen LogP contribution < -0.4 is 10.6 Å². The molecule has 0 radical (unpaired) electrons. The molecule has 2 fully saturated rings. The van der Waals surface area contributed by atoms with E-state index in [1.165, 1.54) is 32.4 Å². The van der Waals surface area contributed by atoms with Gasteiger partial charge in [-0.2, -0.15) is 0 Å². The molecule has 24 heavy (non-hydrogen) atoms. The number of hydrogen-bond acceptors (Lipinski definition) is 4. The lowest BCUT2D eigenvalue weighted by Gasteiger charge is -2.29. The molecule has 1 unspecified atom stereocenters. The number of halogens is 1. The number of piperidine rings is 1. The summed E-state index contributed by atoms with van der Waals surface area (Å²) in [5.41, 5.74) is 0.0559. The third-order valence-electron chi connectivity index (χ3n) is 5.36. The lowest BCUT2D eigenvalue weighted by molar-refractivity contribution is 0.127. The zero-order valence-corrected chi connectivity index (χ0v) is 17.6. The molecule has 0 aliphatic carbocycles. The number of hydrogen-bond donors (Lipinski definition) is 3. The number of aliphatic hydroxyl groups excluding tert-OH is 1. The molecule has 3 N–H and O–H groups in total. The summed E-state index contributed by atoms with van der Waals surface area (Å²) in [5.74, 6) is 1.70. The van der Waals surface area contributed by atoms with Crippen LogP contribution in [0.4, 0.5) is 0 Å². The van der Waals surface area contributed by atoms with Crippen LogP contribution in [-0.2, 0) is 4.74 Å². The van der Waals surface area contributed by atoms with Crippen molar-refractivity contribution in [3.8, 4) is 0 Å². The maximum atomic E-state index is 9.29. The number of rotatable bonds is 7. The molecule has 6 nitrogen and oxygen atoms in total. The average molecular weight is 454 g/mol. The number of guanidine groups is 1. The number of nitrogens with zero attached hydrogens (tertiary/aromatic N) is 2. The van der Waals surface area contributed by atoms with Gasteiger partial charge >= 0.3 is 0 Å². The van der Waals surface area contributed by atoms with Crippen molar-refractivity contribution in [2.24, 2.45) is 16.3 Å². The molecule has 2 aliphatic rings. The van der Waals surface area contributed by atoms with Crippen LogP contribution >= 0.6 is 24.0 Å². The summed E-state index contributed by atoms with van der Waals surface area (Å²) in [6.45, 7) is 5.96. The van der Waals surface area contributed by atoms with E-state index in [4.69, 9.17) is 4.74 Å². The Bertz CT molecular complexity index is 368. The fraction of sp³-hybridized carbons (Fsp3) is 0.941. The van der Waals surface area contributed by atoms with Crippen LogP contribution in [0.5, 0.6) is 0 Å². The molecular weight excluding hydrogens is 419 g/mol. The van der Waals surface area contributed by atoms with Gasteiger partial charge in [-0.3, -0.25) is 4.99 Å².